The highest BCUT2D eigenvalue weighted by molar-refractivity contribution is 5.27. The monoisotopic (exact) mass is 204 g/mol. The Morgan fingerprint density at radius 2 is 2.13 bits per heavy atom. The molecule has 78 valence electrons. The van der Waals surface area contributed by atoms with Crippen LogP contribution in [0.4, 0.5) is 0 Å². The van der Waals surface area contributed by atoms with E-state index in [0.29, 0.717) is 11.5 Å². The number of furan rings is 1. The van der Waals surface area contributed by atoms with Crippen LogP contribution in [0.2, 0.25) is 0 Å². The molecule has 2 aromatic heterocycles. The summed E-state index contributed by atoms with van der Waals surface area (Å²) >= 11 is 0. The number of aliphatic hydroxyl groups is 1. The zero-order valence-electron chi connectivity index (χ0n) is 8.64. The van der Waals surface area contributed by atoms with Crippen LogP contribution in [0.25, 0.3) is 0 Å². The molecular formula is C11H12N2O2. The zero-order chi connectivity index (χ0) is 10.8. The van der Waals surface area contributed by atoms with E-state index < -0.39 is 6.10 Å². The van der Waals surface area contributed by atoms with Crippen molar-refractivity contribution in [3.05, 3.63) is 47.2 Å². The minimum atomic E-state index is -0.769. The Morgan fingerprint density at radius 3 is 2.80 bits per heavy atom. The minimum absolute atomic E-state index is 0.519. The van der Waals surface area contributed by atoms with Crippen molar-refractivity contribution in [3.8, 4) is 0 Å². The van der Waals surface area contributed by atoms with Crippen LogP contribution in [0.5, 0.6) is 0 Å². The van der Waals surface area contributed by atoms with Gasteiger partial charge in [-0.15, -0.1) is 0 Å². The van der Waals surface area contributed by atoms with Crippen LogP contribution >= 0.6 is 0 Å². The first-order valence-electron chi connectivity index (χ1n) is 4.71. The average Bonchev–Trinajstić information content (AvgIpc) is 2.74. The fourth-order valence-corrected chi connectivity index (χ4v) is 1.45. The lowest BCUT2D eigenvalue weighted by atomic mass is 10.1. The average molecular weight is 204 g/mol. The Bertz CT molecular complexity index is 452. The van der Waals surface area contributed by atoms with Crippen molar-refractivity contribution in [1.82, 2.24) is 10.2 Å². The first-order valence-corrected chi connectivity index (χ1v) is 4.71. The zero-order valence-corrected chi connectivity index (χ0v) is 8.64. The third-order valence-corrected chi connectivity index (χ3v) is 2.25. The summed E-state index contributed by atoms with van der Waals surface area (Å²) in [6, 6.07) is 5.30. The molecule has 0 bridgehead atoms. The Labute approximate surface area is 87.6 Å². The van der Waals surface area contributed by atoms with E-state index in [2.05, 4.69) is 10.2 Å². The summed E-state index contributed by atoms with van der Waals surface area (Å²) < 4.78 is 5.15. The lowest BCUT2D eigenvalue weighted by molar-refractivity contribution is 0.188. The SMILES string of the molecule is Cc1cc(C(O)c2ccco2)c(C)nn1. The number of hydrogen-bond acceptors (Lipinski definition) is 4. The number of aliphatic hydroxyl groups excluding tert-OH is 1. The van der Waals surface area contributed by atoms with Crippen LogP contribution in [-0.2, 0) is 0 Å². The Morgan fingerprint density at radius 1 is 1.33 bits per heavy atom. The molecule has 2 rings (SSSR count). The summed E-state index contributed by atoms with van der Waals surface area (Å²) in [5, 5.41) is 17.9. The smallest absolute Gasteiger partial charge is 0.138 e. The molecule has 4 nitrogen and oxygen atoms in total. The van der Waals surface area contributed by atoms with Crippen LogP contribution in [-0.4, -0.2) is 15.3 Å². The van der Waals surface area contributed by atoms with Crippen molar-refractivity contribution in [2.24, 2.45) is 0 Å². The molecule has 0 spiro atoms. The van der Waals surface area contributed by atoms with Crippen LogP contribution in [0.15, 0.2) is 28.9 Å². The van der Waals surface area contributed by atoms with Crippen molar-refractivity contribution in [3.63, 3.8) is 0 Å². The molecule has 1 N–H and O–H groups in total. The molecular weight excluding hydrogens is 192 g/mol. The standard InChI is InChI=1S/C11H12N2O2/c1-7-6-9(8(2)13-12-7)11(14)10-4-3-5-15-10/h3-6,11,14H,1-2H3. The van der Waals surface area contributed by atoms with Gasteiger partial charge in [0.2, 0.25) is 0 Å². The van der Waals surface area contributed by atoms with E-state index >= 15 is 0 Å². The molecule has 15 heavy (non-hydrogen) atoms. The normalized spacial score (nSPS) is 12.7. The van der Waals surface area contributed by atoms with Crippen molar-refractivity contribution < 1.29 is 9.52 Å². The lowest BCUT2D eigenvalue weighted by Gasteiger charge is -2.10. The maximum atomic E-state index is 10.0. The van der Waals surface area contributed by atoms with E-state index in [1.54, 1.807) is 12.1 Å². The number of aryl methyl sites for hydroxylation is 2. The molecule has 0 amide bonds. The Kier molecular flexibility index (Phi) is 2.51. The summed E-state index contributed by atoms with van der Waals surface area (Å²) in [6.45, 7) is 3.65. The number of rotatable bonds is 2. The molecule has 0 saturated heterocycles. The van der Waals surface area contributed by atoms with Gasteiger partial charge in [0.1, 0.15) is 11.9 Å². The van der Waals surface area contributed by atoms with E-state index in [-0.39, 0.29) is 0 Å². The molecule has 2 aromatic rings. The highest BCUT2D eigenvalue weighted by Gasteiger charge is 2.16. The van der Waals surface area contributed by atoms with Gasteiger partial charge in [-0.1, -0.05) is 0 Å². The number of hydrogen-bond donors (Lipinski definition) is 1. The van der Waals surface area contributed by atoms with Crippen LogP contribution < -0.4 is 0 Å². The van der Waals surface area contributed by atoms with Gasteiger partial charge in [-0.25, -0.2) is 0 Å². The van der Waals surface area contributed by atoms with E-state index in [1.807, 2.05) is 19.9 Å². The van der Waals surface area contributed by atoms with E-state index in [4.69, 9.17) is 4.42 Å². The molecule has 0 saturated carbocycles. The van der Waals surface area contributed by atoms with E-state index in [9.17, 15) is 5.11 Å². The molecule has 0 aliphatic rings. The van der Waals surface area contributed by atoms with Crippen molar-refractivity contribution in [2.45, 2.75) is 20.0 Å². The predicted molar refractivity (Wildman–Crippen MR) is 54.3 cm³/mol. The summed E-state index contributed by atoms with van der Waals surface area (Å²) in [7, 11) is 0. The van der Waals surface area contributed by atoms with Gasteiger partial charge in [0.25, 0.3) is 0 Å². The van der Waals surface area contributed by atoms with Gasteiger partial charge in [0.05, 0.1) is 17.7 Å². The van der Waals surface area contributed by atoms with Gasteiger partial charge in [-0.2, -0.15) is 10.2 Å². The fourth-order valence-electron chi connectivity index (χ4n) is 1.45. The van der Waals surface area contributed by atoms with Gasteiger partial charge in [-0.05, 0) is 32.0 Å². The highest BCUT2D eigenvalue weighted by atomic mass is 16.4. The van der Waals surface area contributed by atoms with Crippen LogP contribution in [0.3, 0.4) is 0 Å². The minimum Gasteiger partial charge on any atom is -0.466 e. The molecule has 0 aliphatic carbocycles. The molecule has 2 heterocycles. The topological polar surface area (TPSA) is 59.2 Å². The third kappa shape index (κ3) is 1.89. The first kappa shape index (κ1) is 9.86. The van der Waals surface area contributed by atoms with Crippen LogP contribution in [0.1, 0.15) is 28.8 Å². The predicted octanol–water partition coefficient (Wildman–Crippen LogP) is 1.77. The highest BCUT2D eigenvalue weighted by Crippen LogP contribution is 2.23. The van der Waals surface area contributed by atoms with E-state index in [1.165, 1.54) is 6.26 Å². The second-order valence-electron chi connectivity index (χ2n) is 3.44. The largest absolute Gasteiger partial charge is 0.466 e. The molecule has 4 heteroatoms. The van der Waals surface area contributed by atoms with Gasteiger partial charge >= 0.3 is 0 Å². The Balaban J connectivity index is 2.41. The molecule has 1 unspecified atom stereocenters. The maximum Gasteiger partial charge on any atom is 0.138 e. The van der Waals surface area contributed by atoms with E-state index in [0.717, 1.165) is 11.3 Å². The molecule has 0 aliphatic heterocycles. The molecule has 1 atom stereocenters. The summed E-state index contributed by atoms with van der Waals surface area (Å²) in [5.74, 6) is 0.519. The third-order valence-electron chi connectivity index (χ3n) is 2.25. The molecule has 0 fully saturated rings. The van der Waals surface area contributed by atoms with Gasteiger partial charge in [0, 0.05) is 5.56 Å². The number of aromatic nitrogens is 2. The summed E-state index contributed by atoms with van der Waals surface area (Å²) in [6.07, 6.45) is 0.768. The molecule has 0 aromatic carbocycles. The number of nitrogens with zero attached hydrogens (tertiary/aromatic N) is 2. The fraction of sp³-hybridized carbons (Fsp3) is 0.273. The van der Waals surface area contributed by atoms with Crippen molar-refractivity contribution in [1.29, 1.82) is 0 Å². The second-order valence-corrected chi connectivity index (χ2v) is 3.44. The Hall–Kier alpha value is -1.68. The summed E-state index contributed by atoms with van der Waals surface area (Å²) in [5.41, 5.74) is 2.23. The van der Waals surface area contributed by atoms with Gasteiger partial charge in [-0.3, -0.25) is 0 Å². The van der Waals surface area contributed by atoms with Gasteiger partial charge in [0.15, 0.2) is 0 Å². The molecule has 0 radical (unpaired) electrons. The summed E-state index contributed by atoms with van der Waals surface area (Å²) in [4.78, 5) is 0. The first-order chi connectivity index (χ1) is 7.18. The quantitative estimate of drug-likeness (QED) is 0.809. The van der Waals surface area contributed by atoms with Gasteiger partial charge < -0.3 is 9.52 Å². The van der Waals surface area contributed by atoms with Crippen molar-refractivity contribution in [2.75, 3.05) is 0 Å². The van der Waals surface area contributed by atoms with Crippen LogP contribution in [0, 0.1) is 13.8 Å². The second kappa shape index (κ2) is 3.82. The lowest BCUT2D eigenvalue weighted by Crippen LogP contribution is -2.04. The maximum absolute atomic E-state index is 10.0. The van der Waals surface area contributed by atoms with Crippen molar-refractivity contribution >= 4 is 0 Å².